The molecular formula is C21H26N4O2. The van der Waals surface area contributed by atoms with Gasteiger partial charge in [0.1, 0.15) is 16.9 Å². The Morgan fingerprint density at radius 1 is 1.33 bits per heavy atom. The van der Waals surface area contributed by atoms with E-state index in [1.54, 1.807) is 11.6 Å². The molecule has 0 amide bonds. The fourth-order valence-electron chi connectivity index (χ4n) is 5.01. The number of aromatic nitrogens is 3. The van der Waals surface area contributed by atoms with Crippen molar-refractivity contribution in [2.45, 2.75) is 45.2 Å². The van der Waals surface area contributed by atoms with Gasteiger partial charge in [0.2, 0.25) is 0 Å². The van der Waals surface area contributed by atoms with Crippen LogP contribution in [0.25, 0.3) is 16.6 Å². The third kappa shape index (κ3) is 2.50. The van der Waals surface area contributed by atoms with Gasteiger partial charge in [-0.2, -0.15) is 9.61 Å². The second-order valence-corrected chi connectivity index (χ2v) is 8.39. The monoisotopic (exact) mass is 366 g/mol. The summed E-state index contributed by atoms with van der Waals surface area (Å²) in [5, 5.41) is 9.23. The van der Waals surface area contributed by atoms with E-state index in [2.05, 4.69) is 35.0 Å². The van der Waals surface area contributed by atoms with Gasteiger partial charge in [0.05, 0.1) is 7.11 Å². The molecule has 6 nitrogen and oxygen atoms in total. The van der Waals surface area contributed by atoms with Crippen molar-refractivity contribution in [2.75, 3.05) is 13.7 Å². The van der Waals surface area contributed by atoms with E-state index in [-0.39, 0.29) is 11.5 Å². The normalized spacial score (nSPS) is 24.5. The SMILES string of the molecule is COc1cccc2c1nn1c(=O)c(C(C)C)cn(C[C@H]3C[C@H]4C[C@@H]3CN4)c21. The molecule has 1 aliphatic heterocycles. The lowest BCUT2D eigenvalue weighted by molar-refractivity contribution is 0.312. The fraction of sp³-hybridized carbons (Fsp3) is 0.524. The quantitative estimate of drug-likeness (QED) is 0.771. The fourth-order valence-corrected chi connectivity index (χ4v) is 5.01. The molecule has 1 saturated carbocycles. The summed E-state index contributed by atoms with van der Waals surface area (Å²) in [6.45, 7) is 6.19. The maximum Gasteiger partial charge on any atom is 0.277 e. The molecule has 1 N–H and O–H groups in total. The van der Waals surface area contributed by atoms with Crippen LogP contribution in [0.15, 0.2) is 29.2 Å². The third-order valence-electron chi connectivity index (χ3n) is 6.43. The summed E-state index contributed by atoms with van der Waals surface area (Å²) in [5.41, 5.74) is 2.43. The number of nitrogens with one attached hydrogen (secondary N) is 1. The van der Waals surface area contributed by atoms with Gasteiger partial charge in [0.15, 0.2) is 0 Å². The van der Waals surface area contributed by atoms with Crippen molar-refractivity contribution >= 4 is 16.6 Å². The Morgan fingerprint density at radius 2 is 2.19 bits per heavy atom. The van der Waals surface area contributed by atoms with Crippen LogP contribution in [0.2, 0.25) is 0 Å². The number of rotatable bonds is 4. The molecule has 142 valence electrons. The third-order valence-corrected chi connectivity index (χ3v) is 6.43. The Bertz CT molecular complexity index is 1080. The maximum atomic E-state index is 13.1. The highest BCUT2D eigenvalue weighted by molar-refractivity contribution is 5.96. The summed E-state index contributed by atoms with van der Waals surface area (Å²) in [7, 11) is 1.65. The molecule has 1 saturated heterocycles. The number of fused-ring (bicyclic) bond motifs is 5. The minimum atomic E-state index is -0.0240. The Labute approximate surface area is 158 Å². The summed E-state index contributed by atoms with van der Waals surface area (Å²) < 4.78 is 9.36. The summed E-state index contributed by atoms with van der Waals surface area (Å²) in [6.07, 6.45) is 4.57. The molecule has 2 bridgehead atoms. The molecule has 2 aliphatic rings. The smallest absolute Gasteiger partial charge is 0.277 e. The Kier molecular flexibility index (Phi) is 3.79. The first kappa shape index (κ1) is 16.8. The van der Waals surface area contributed by atoms with E-state index in [0.29, 0.717) is 17.7 Å². The second-order valence-electron chi connectivity index (χ2n) is 8.39. The van der Waals surface area contributed by atoms with Crippen LogP contribution in [0.3, 0.4) is 0 Å². The van der Waals surface area contributed by atoms with Gasteiger partial charge in [0, 0.05) is 29.7 Å². The molecule has 1 aliphatic carbocycles. The highest BCUT2D eigenvalue weighted by Crippen LogP contribution is 2.38. The van der Waals surface area contributed by atoms with E-state index < -0.39 is 0 Å². The van der Waals surface area contributed by atoms with Crippen molar-refractivity contribution in [3.05, 3.63) is 40.3 Å². The highest BCUT2D eigenvalue weighted by Gasteiger charge is 2.39. The lowest BCUT2D eigenvalue weighted by atomic mass is 9.95. The number of methoxy groups -OCH3 is 1. The molecule has 2 fully saturated rings. The zero-order chi connectivity index (χ0) is 18.7. The lowest BCUT2D eigenvalue weighted by Crippen LogP contribution is -2.32. The van der Waals surface area contributed by atoms with Gasteiger partial charge in [-0.3, -0.25) is 4.79 Å². The number of hydrogen-bond donors (Lipinski definition) is 1. The summed E-state index contributed by atoms with van der Waals surface area (Å²) in [6, 6.07) is 6.57. The van der Waals surface area contributed by atoms with E-state index in [1.165, 1.54) is 12.8 Å². The molecule has 0 unspecified atom stereocenters. The second kappa shape index (κ2) is 6.09. The number of piperidine rings is 1. The van der Waals surface area contributed by atoms with E-state index in [9.17, 15) is 4.79 Å². The highest BCUT2D eigenvalue weighted by atomic mass is 16.5. The van der Waals surface area contributed by atoms with Crippen LogP contribution in [0.5, 0.6) is 5.75 Å². The first-order valence-corrected chi connectivity index (χ1v) is 9.89. The number of ether oxygens (including phenoxy) is 1. The predicted molar refractivity (Wildman–Crippen MR) is 106 cm³/mol. The largest absolute Gasteiger partial charge is 0.494 e. The minimum Gasteiger partial charge on any atom is -0.494 e. The molecule has 3 aromatic rings. The van der Waals surface area contributed by atoms with Gasteiger partial charge in [-0.05, 0) is 49.3 Å². The number of hydrogen-bond acceptors (Lipinski definition) is 4. The Balaban J connectivity index is 1.74. The van der Waals surface area contributed by atoms with Crippen molar-refractivity contribution in [3.63, 3.8) is 0 Å². The van der Waals surface area contributed by atoms with Crippen molar-refractivity contribution in [3.8, 4) is 5.75 Å². The van der Waals surface area contributed by atoms with Crippen LogP contribution in [-0.4, -0.2) is 33.9 Å². The number of nitrogens with zero attached hydrogens (tertiary/aromatic N) is 3. The first-order chi connectivity index (χ1) is 13.1. The lowest BCUT2D eigenvalue weighted by Gasteiger charge is -2.24. The van der Waals surface area contributed by atoms with Gasteiger partial charge in [-0.25, -0.2) is 0 Å². The first-order valence-electron chi connectivity index (χ1n) is 9.89. The molecule has 6 heteroatoms. The Morgan fingerprint density at radius 3 is 2.85 bits per heavy atom. The minimum absolute atomic E-state index is 0.0240. The maximum absolute atomic E-state index is 13.1. The van der Waals surface area contributed by atoms with E-state index >= 15 is 0 Å². The molecule has 3 heterocycles. The van der Waals surface area contributed by atoms with Crippen LogP contribution in [-0.2, 0) is 6.54 Å². The van der Waals surface area contributed by atoms with Crippen LogP contribution in [0, 0.1) is 11.8 Å². The molecule has 5 rings (SSSR count). The molecule has 0 spiro atoms. The summed E-state index contributed by atoms with van der Waals surface area (Å²) >= 11 is 0. The van der Waals surface area contributed by atoms with Crippen molar-refractivity contribution in [1.29, 1.82) is 0 Å². The zero-order valence-corrected chi connectivity index (χ0v) is 16.1. The van der Waals surface area contributed by atoms with E-state index in [4.69, 9.17) is 4.74 Å². The zero-order valence-electron chi connectivity index (χ0n) is 16.1. The molecular weight excluding hydrogens is 340 g/mol. The van der Waals surface area contributed by atoms with E-state index in [1.807, 2.05) is 18.2 Å². The molecule has 0 radical (unpaired) electrons. The number of benzene rings is 1. The molecule has 1 aromatic carbocycles. The standard InChI is InChI=1S/C21H26N4O2/c1-12(2)17-11-24(10-14-8-15-7-13(14)9-22-15)20-16-5-4-6-18(27-3)19(16)23-25(20)21(17)26/h4-6,11-15,22H,7-10H2,1-3H3/t13-,14-,15-/m1/s1. The van der Waals surface area contributed by atoms with E-state index in [0.717, 1.165) is 41.1 Å². The molecule has 2 aromatic heterocycles. The van der Waals surface area contributed by atoms with Gasteiger partial charge < -0.3 is 14.6 Å². The van der Waals surface area contributed by atoms with Gasteiger partial charge >= 0.3 is 0 Å². The Hall–Kier alpha value is -2.34. The molecule has 3 atom stereocenters. The van der Waals surface area contributed by atoms with Crippen molar-refractivity contribution in [2.24, 2.45) is 11.8 Å². The van der Waals surface area contributed by atoms with Crippen molar-refractivity contribution < 1.29 is 4.74 Å². The van der Waals surface area contributed by atoms with Crippen LogP contribution in [0.1, 0.15) is 38.2 Å². The molecule has 27 heavy (non-hydrogen) atoms. The van der Waals surface area contributed by atoms with Crippen molar-refractivity contribution in [1.82, 2.24) is 19.5 Å². The predicted octanol–water partition coefficient (Wildman–Crippen LogP) is 2.78. The summed E-state index contributed by atoms with van der Waals surface area (Å²) in [5.74, 6) is 2.25. The van der Waals surface area contributed by atoms with Crippen LogP contribution in [0.4, 0.5) is 0 Å². The average Bonchev–Trinajstić information content (AvgIpc) is 3.37. The van der Waals surface area contributed by atoms with Gasteiger partial charge in [0.25, 0.3) is 5.56 Å². The van der Waals surface area contributed by atoms with Gasteiger partial charge in [-0.1, -0.05) is 19.9 Å². The average molecular weight is 366 g/mol. The topological polar surface area (TPSA) is 60.6 Å². The summed E-state index contributed by atoms with van der Waals surface area (Å²) in [4.78, 5) is 13.1. The van der Waals surface area contributed by atoms with Crippen LogP contribution < -0.4 is 15.6 Å². The van der Waals surface area contributed by atoms with Crippen LogP contribution >= 0.6 is 0 Å². The van der Waals surface area contributed by atoms with Gasteiger partial charge in [-0.15, -0.1) is 0 Å².